The van der Waals surface area contributed by atoms with Crippen LogP contribution in [0.3, 0.4) is 0 Å². The lowest BCUT2D eigenvalue weighted by Crippen LogP contribution is -2.22. The maximum Gasteiger partial charge on any atom is 0.288 e. The minimum absolute atomic E-state index is 0.0805. The van der Waals surface area contributed by atoms with Crippen molar-refractivity contribution in [3.05, 3.63) is 111 Å². The van der Waals surface area contributed by atoms with Gasteiger partial charge >= 0.3 is 0 Å². The number of carbonyl (C=O) groups excluding carboxylic acids is 1. The molecule has 0 aliphatic carbocycles. The molecule has 0 saturated carbocycles. The second-order valence-electron chi connectivity index (χ2n) is 7.43. The smallest absolute Gasteiger partial charge is 0.288 e. The monoisotopic (exact) mass is 397 g/mol. The van der Waals surface area contributed by atoms with Crippen molar-refractivity contribution in [1.29, 1.82) is 0 Å². The number of amides is 1. The van der Waals surface area contributed by atoms with Crippen LogP contribution in [-0.2, 0) is 6.61 Å². The number of carbonyl (C=O) groups is 1. The first-order chi connectivity index (χ1) is 14.6. The van der Waals surface area contributed by atoms with Gasteiger partial charge in [0.05, 0.1) is 17.0 Å². The molecule has 1 N–H and O–H groups in total. The van der Waals surface area contributed by atoms with Crippen LogP contribution in [0.1, 0.15) is 38.9 Å². The van der Waals surface area contributed by atoms with Crippen molar-refractivity contribution in [3.8, 4) is 5.75 Å². The van der Waals surface area contributed by atoms with Gasteiger partial charge in [-0.1, -0.05) is 54.1 Å². The molecule has 1 amide bonds. The van der Waals surface area contributed by atoms with Crippen LogP contribution in [0.5, 0.6) is 5.75 Å². The average molecular weight is 397 g/mol. The summed E-state index contributed by atoms with van der Waals surface area (Å²) in [4.78, 5) is 25.7. The van der Waals surface area contributed by atoms with Crippen LogP contribution in [0.15, 0.2) is 82.0 Å². The van der Waals surface area contributed by atoms with Gasteiger partial charge in [0.2, 0.25) is 5.76 Å². The Hall–Kier alpha value is -3.86. The van der Waals surface area contributed by atoms with Gasteiger partial charge in [-0.15, -0.1) is 0 Å². The van der Waals surface area contributed by atoms with Crippen molar-refractivity contribution in [1.82, 2.24) is 5.32 Å². The number of rotatable bonds is 4. The highest BCUT2D eigenvalue weighted by Gasteiger charge is 2.36. The first-order valence-electron chi connectivity index (χ1n) is 9.75. The lowest BCUT2D eigenvalue weighted by atomic mass is 9.99. The van der Waals surface area contributed by atoms with Crippen LogP contribution in [0.2, 0.25) is 0 Å². The van der Waals surface area contributed by atoms with Gasteiger partial charge in [0, 0.05) is 0 Å². The van der Waals surface area contributed by atoms with E-state index in [4.69, 9.17) is 9.15 Å². The fraction of sp³-hybridized carbons (Fsp3) is 0.120. The van der Waals surface area contributed by atoms with Gasteiger partial charge in [-0.05, 0) is 42.3 Å². The highest BCUT2D eigenvalue weighted by molar-refractivity contribution is 5.99. The molecule has 1 atom stereocenters. The predicted molar refractivity (Wildman–Crippen MR) is 114 cm³/mol. The van der Waals surface area contributed by atoms with Crippen molar-refractivity contribution < 1.29 is 13.9 Å². The van der Waals surface area contributed by atoms with Gasteiger partial charge in [0.15, 0.2) is 5.43 Å². The first-order valence-corrected chi connectivity index (χ1v) is 9.75. The van der Waals surface area contributed by atoms with E-state index in [1.807, 2.05) is 67.6 Å². The molecule has 0 fully saturated rings. The molecule has 4 aromatic rings. The second kappa shape index (κ2) is 7.19. The topological polar surface area (TPSA) is 68.5 Å². The molecule has 0 bridgehead atoms. The molecule has 0 spiro atoms. The Morgan fingerprint density at radius 3 is 2.63 bits per heavy atom. The van der Waals surface area contributed by atoms with E-state index in [2.05, 4.69) is 5.32 Å². The first kappa shape index (κ1) is 18.2. The van der Waals surface area contributed by atoms with Crippen LogP contribution in [-0.4, -0.2) is 5.91 Å². The largest absolute Gasteiger partial charge is 0.489 e. The molecule has 5 rings (SSSR count). The average Bonchev–Trinajstić information content (AvgIpc) is 3.10. The fourth-order valence-electron chi connectivity index (χ4n) is 3.80. The van der Waals surface area contributed by atoms with E-state index in [0.29, 0.717) is 28.9 Å². The van der Waals surface area contributed by atoms with Crippen molar-refractivity contribution in [2.24, 2.45) is 0 Å². The zero-order chi connectivity index (χ0) is 20.7. The lowest BCUT2D eigenvalue weighted by Gasteiger charge is -2.14. The Labute approximate surface area is 172 Å². The van der Waals surface area contributed by atoms with Gasteiger partial charge < -0.3 is 14.5 Å². The maximum atomic E-state index is 13.2. The van der Waals surface area contributed by atoms with Gasteiger partial charge in [0.1, 0.15) is 17.9 Å². The number of nitrogens with one attached hydrogen (secondary N) is 1. The number of hydrogen-bond acceptors (Lipinski definition) is 4. The third kappa shape index (κ3) is 3.14. The molecular weight excluding hydrogens is 378 g/mol. The van der Waals surface area contributed by atoms with Crippen LogP contribution in [0.25, 0.3) is 11.0 Å². The Morgan fingerprint density at radius 2 is 1.80 bits per heavy atom. The summed E-state index contributed by atoms with van der Waals surface area (Å²) in [6.07, 6.45) is 0. The number of fused-ring (bicyclic) bond motifs is 2. The lowest BCUT2D eigenvalue weighted by molar-refractivity contribution is 0.0938. The number of aryl methyl sites for hydroxylation is 1. The third-order valence-corrected chi connectivity index (χ3v) is 5.29. The van der Waals surface area contributed by atoms with Crippen molar-refractivity contribution in [2.45, 2.75) is 19.6 Å². The Bertz CT molecular complexity index is 1320. The van der Waals surface area contributed by atoms with Gasteiger partial charge in [0.25, 0.3) is 5.91 Å². The zero-order valence-corrected chi connectivity index (χ0v) is 16.3. The summed E-state index contributed by atoms with van der Waals surface area (Å²) in [5.41, 5.74) is 3.36. The molecule has 5 nitrogen and oxygen atoms in total. The molecule has 1 aliphatic rings. The number of ether oxygens (including phenoxy) is 1. The molecule has 3 aromatic carbocycles. The second-order valence-corrected chi connectivity index (χ2v) is 7.43. The van der Waals surface area contributed by atoms with E-state index >= 15 is 0 Å². The summed E-state index contributed by atoms with van der Waals surface area (Å²) in [6.45, 7) is 2.35. The summed E-state index contributed by atoms with van der Waals surface area (Å²) in [5, 5.41) is 3.36. The molecule has 0 saturated heterocycles. The Morgan fingerprint density at radius 1 is 0.967 bits per heavy atom. The maximum absolute atomic E-state index is 13.2. The molecule has 1 unspecified atom stereocenters. The van der Waals surface area contributed by atoms with Crippen molar-refractivity contribution in [3.63, 3.8) is 0 Å². The third-order valence-electron chi connectivity index (χ3n) is 5.29. The molecular formula is C25H19NO4. The molecule has 5 heteroatoms. The fourth-order valence-corrected chi connectivity index (χ4v) is 3.80. The minimum atomic E-state index is -0.575. The quantitative estimate of drug-likeness (QED) is 0.550. The zero-order valence-electron chi connectivity index (χ0n) is 16.3. The van der Waals surface area contributed by atoms with Crippen LogP contribution in [0, 0.1) is 6.92 Å². The van der Waals surface area contributed by atoms with E-state index < -0.39 is 6.04 Å². The molecule has 1 aromatic heterocycles. The highest BCUT2D eigenvalue weighted by atomic mass is 16.5. The molecule has 1 aliphatic heterocycles. The van der Waals surface area contributed by atoms with E-state index in [0.717, 1.165) is 16.7 Å². The van der Waals surface area contributed by atoms with E-state index in [-0.39, 0.29) is 17.1 Å². The summed E-state index contributed by atoms with van der Waals surface area (Å²) >= 11 is 0. The summed E-state index contributed by atoms with van der Waals surface area (Å²) in [6, 6.07) is 22.1. The van der Waals surface area contributed by atoms with Crippen LogP contribution in [0.4, 0.5) is 0 Å². The summed E-state index contributed by atoms with van der Waals surface area (Å²) in [7, 11) is 0. The van der Waals surface area contributed by atoms with E-state index in [1.54, 1.807) is 12.1 Å². The normalized spacial score (nSPS) is 15.1. The molecule has 0 radical (unpaired) electrons. The number of benzene rings is 3. The van der Waals surface area contributed by atoms with E-state index in [9.17, 15) is 9.59 Å². The summed E-state index contributed by atoms with van der Waals surface area (Å²) < 4.78 is 11.7. The minimum Gasteiger partial charge on any atom is -0.489 e. The van der Waals surface area contributed by atoms with Crippen LogP contribution < -0.4 is 15.5 Å². The Kier molecular flexibility index (Phi) is 4.36. The SMILES string of the molecule is Cc1ccc2oc3c(c(=O)c2c1)C(c1cccc(OCc2ccccc2)c1)NC3=O. The number of hydrogen-bond donors (Lipinski definition) is 1. The van der Waals surface area contributed by atoms with E-state index in [1.165, 1.54) is 0 Å². The van der Waals surface area contributed by atoms with Crippen molar-refractivity contribution >= 4 is 16.9 Å². The van der Waals surface area contributed by atoms with Crippen LogP contribution >= 0.6 is 0 Å². The highest BCUT2D eigenvalue weighted by Crippen LogP contribution is 2.32. The van der Waals surface area contributed by atoms with Gasteiger partial charge in [-0.2, -0.15) is 0 Å². The molecule has 30 heavy (non-hydrogen) atoms. The van der Waals surface area contributed by atoms with Gasteiger partial charge in [-0.25, -0.2) is 0 Å². The Balaban J connectivity index is 1.52. The van der Waals surface area contributed by atoms with Gasteiger partial charge in [-0.3, -0.25) is 9.59 Å². The molecule has 2 heterocycles. The summed E-state index contributed by atoms with van der Waals surface area (Å²) in [5.74, 6) is 0.363. The predicted octanol–water partition coefficient (Wildman–Crippen LogP) is 4.51. The molecule has 148 valence electrons. The van der Waals surface area contributed by atoms with Crippen molar-refractivity contribution in [2.75, 3.05) is 0 Å². The standard InChI is InChI=1S/C25H19NO4/c1-15-10-11-20-19(12-15)23(27)21-22(26-25(28)24(21)30-20)17-8-5-9-18(13-17)29-14-16-6-3-2-4-7-16/h2-13,22H,14H2,1H3,(H,26,28).